The quantitative estimate of drug-likeness (QED) is 0.889. The Morgan fingerprint density at radius 2 is 2.00 bits per heavy atom. The Labute approximate surface area is 150 Å². The molecule has 0 bridgehead atoms. The van der Waals surface area contributed by atoms with Crippen LogP contribution in [0.1, 0.15) is 74.3 Å². The van der Waals surface area contributed by atoms with Gasteiger partial charge in [0.1, 0.15) is 0 Å². The van der Waals surface area contributed by atoms with Crippen LogP contribution < -0.4 is 0 Å². The van der Waals surface area contributed by atoms with Gasteiger partial charge in [-0.1, -0.05) is 12.8 Å². The van der Waals surface area contributed by atoms with Gasteiger partial charge in [-0.05, 0) is 46.7 Å². The Balaban J connectivity index is 1.66. The Bertz CT molecular complexity index is 578. The van der Waals surface area contributed by atoms with E-state index in [1.165, 1.54) is 25.7 Å². The molecular weight excluding hydrogens is 316 g/mol. The van der Waals surface area contributed by atoms with Crippen LogP contribution >= 0.6 is 0 Å². The summed E-state index contributed by atoms with van der Waals surface area (Å²) in [6.07, 6.45) is 6.08. The van der Waals surface area contributed by atoms with Crippen LogP contribution in [0.5, 0.6) is 0 Å². The Kier molecular flexibility index (Phi) is 6.12. The summed E-state index contributed by atoms with van der Waals surface area (Å²) < 4.78 is 5.83. The predicted molar refractivity (Wildman–Crippen MR) is 97.7 cm³/mol. The van der Waals surface area contributed by atoms with E-state index in [4.69, 9.17) is 4.74 Å². The molecule has 2 aliphatic heterocycles. The second-order valence-corrected chi connectivity index (χ2v) is 7.40. The Morgan fingerprint density at radius 3 is 2.68 bits per heavy atom. The molecule has 0 aliphatic carbocycles. The molecule has 2 aliphatic rings. The first kappa shape index (κ1) is 18.4. The molecule has 25 heavy (non-hydrogen) atoms. The highest BCUT2D eigenvalue weighted by molar-refractivity contribution is 5.94. The average Bonchev–Trinajstić information content (AvgIpc) is 2.84. The number of nitrogens with zero attached hydrogens (tertiary/aromatic N) is 3. The predicted octanol–water partition coefficient (Wildman–Crippen LogP) is 2.77. The molecule has 3 rings (SSSR count). The average molecular weight is 348 g/mol. The molecule has 1 amide bonds. The molecule has 1 fully saturated rings. The van der Waals surface area contributed by atoms with Crippen LogP contribution in [0.15, 0.2) is 0 Å². The number of rotatable bonds is 5. The van der Waals surface area contributed by atoms with Crippen LogP contribution in [0.25, 0.3) is 0 Å². The van der Waals surface area contributed by atoms with Crippen molar-refractivity contribution < 1.29 is 9.53 Å². The number of likely N-dealkylation sites (N-methyl/N-ethyl adjacent to an activating group) is 1. The van der Waals surface area contributed by atoms with Crippen molar-refractivity contribution in [2.24, 2.45) is 0 Å². The molecule has 1 aromatic heterocycles. The van der Waals surface area contributed by atoms with E-state index in [1.807, 2.05) is 18.7 Å². The van der Waals surface area contributed by atoms with Crippen molar-refractivity contribution in [1.29, 1.82) is 0 Å². The number of nitrogens with one attached hydrogen (secondary N) is 1. The standard InChI is InChI=1S/C19H32N4O2/c1-4-23(12-11-22-9-7-5-6-8-10-22)19(24)18-16-13-14(2)25-15(3)17(16)20-21-18/h14-15H,4-13H2,1-3H3,(H,20,21)/t14-,15+/m0/s1. The molecule has 140 valence electrons. The number of likely N-dealkylation sites (tertiary alicyclic amines) is 1. The van der Waals surface area contributed by atoms with Gasteiger partial charge in [-0.15, -0.1) is 0 Å². The number of aromatic amines is 1. The zero-order valence-corrected chi connectivity index (χ0v) is 15.9. The highest BCUT2D eigenvalue weighted by Crippen LogP contribution is 2.30. The van der Waals surface area contributed by atoms with Crippen molar-refractivity contribution >= 4 is 5.91 Å². The molecule has 2 atom stereocenters. The maximum absolute atomic E-state index is 13.0. The van der Waals surface area contributed by atoms with Gasteiger partial charge >= 0.3 is 0 Å². The van der Waals surface area contributed by atoms with E-state index < -0.39 is 0 Å². The summed E-state index contributed by atoms with van der Waals surface area (Å²) in [7, 11) is 0. The third-order valence-corrected chi connectivity index (χ3v) is 5.49. The minimum atomic E-state index is -0.0278. The van der Waals surface area contributed by atoms with Gasteiger partial charge in [0.25, 0.3) is 5.91 Å². The van der Waals surface area contributed by atoms with Crippen molar-refractivity contribution in [3.05, 3.63) is 17.0 Å². The number of amides is 1. The molecule has 0 radical (unpaired) electrons. The molecule has 0 spiro atoms. The summed E-state index contributed by atoms with van der Waals surface area (Å²) in [5.74, 6) is 0.0520. The van der Waals surface area contributed by atoms with Crippen molar-refractivity contribution in [1.82, 2.24) is 20.0 Å². The van der Waals surface area contributed by atoms with Gasteiger partial charge in [0.05, 0.1) is 17.9 Å². The number of ether oxygens (including phenoxy) is 1. The zero-order chi connectivity index (χ0) is 17.8. The lowest BCUT2D eigenvalue weighted by Crippen LogP contribution is -2.39. The lowest BCUT2D eigenvalue weighted by Gasteiger charge is -2.27. The molecular formula is C19H32N4O2. The van der Waals surface area contributed by atoms with Gasteiger partial charge in [0, 0.05) is 31.6 Å². The van der Waals surface area contributed by atoms with Crippen LogP contribution in [0, 0.1) is 0 Å². The monoisotopic (exact) mass is 348 g/mol. The summed E-state index contributed by atoms with van der Waals surface area (Å²) in [6.45, 7) is 10.9. The number of H-pyrrole nitrogens is 1. The van der Waals surface area contributed by atoms with Crippen LogP contribution in [0.3, 0.4) is 0 Å². The van der Waals surface area contributed by atoms with E-state index in [0.717, 1.165) is 50.4 Å². The highest BCUT2D eigenvalue weighted by atomic mass is 16.5. The molecule has 6 heteroatoms. The van der Waals surface area contributed by atoms with Crippen LogP contribution in [-0.4, -0.2) is 64.7 Å². The molecule has 1 N–H and O–H groups in total. The first-order valence-electron chi connectivity index (χ1n) is 9.84. The van der Waals surface area contributed by atoms with E-state index in [9.17, 15) is 4.79 Å². The molecule has 0 saturated carbocycles. The number of fused-ring (bicyclic) bond motifs is 1. The third-order valence-electron chi connectivity index (χ3n) is 5.49. The lowest BCUT2D eigenvalue weighted by molar-refractivity contribution is -0.00702. The topological polar surface area (TPSA) is 61.5 Å². The second-order valence-electron chi connectivity index (χ2n) is 7.40. The van der Waals surface area contributed by atoms with Crippen molar-refractivity contribution in [2.75, 3.05) is 32.7 Å². The minimum Gasteiger partial charge on any atom is -0.369 e. The highest BCUT2D eigenvalue weighted by Gasteiger charge is 2.31. The fraction of sp³-hybridized carbons (Fsp3) is 0.789. The number of hydrogen-bond acceptors (Lipinski definition) is 4. The van der Waals surface area contributed by atoms with Gasteiger partial charge in [0.2, 0.25) is 0 Å². The lowest BCUT2D eigenvalue weighted by atomic mass is 9.99. The molecule has 1 saturated heterocycles. The summed E-state index contributed by atoms with van der Waals surface area (Å²) in [6, 6.07) is 0. The fourth-order valence-corrected chi connectivity index (χ4v) is 4.03. The fourth-order valence-electron chi connectivity index (χ4n) is 4.03. The normalized spacial score (nSPS) is 24.6. The SMILES string of the molecule is CCN(CCN1CCCCCC1)C(=O)c1n[nH]c2c1C[C@H](C)O[C@@H]2C. The molecule has 3 heterocycles. The Hall–Kier alpha value is -1.40. The van der Waals surface area contributed by atoms with Gasteiger partial charge in [0.15, 0.2) is 5.69 Å². The molecule has 0 aromatic carbocycles. The summed E-state index contributed by atoms with van der Waals surface area (Å²) in [5.41, 5.74) is 2.60. The Morgan fingerprint density at radius 1 is 1.28 bits per heavy atom. The first-order chi connectivity index (χ1) is 12.1. The van der Waals surface area contributed by atoms with Crippen LogP contribution in [-0.2, 0) is 11.2 Å². The summed E-state index contributed by atoms with van der Waals surface area (Å²) in [5, 5.41) is 7.39. The van der Waals surface area contributed by atoms with E-state index in [2.05, 4.69) is 22.0 Å². The van der Waals surface area contributed by atoms with Crippen LogP contribution in [0.2, 0.25) is 0 Å². The van der Waals surface area contributed by atoms with Crippen molar-refractivity contribution in [3.8, 4) is 0 Å². The van der Waals surface area contributed by atoms with E-state index in [1.54, 1.807) is 0 Å². The molecule has 1 aromatic rings. The number of hydrogen-bond donors (Lipinski definition) is 1. The van der Waals surface area contributed by atoms with Gasteiger partial charge in [-0.3, -0.25) is 9.89 Å². The molecule has 0 unspecified atom stereocenters. The zero-order valence-electron chi connectivity index (χ0n) is 15.9. The largest absolute Gasteiger partial charge is 0.369 e. The smallest absolute Gasteiger partial charge is 0.274 e. The van der Waals surface area contributed by atoms with E-state index in [-0.39, 0.29) is 18.1 Å². The summed E-state index contributed by atoms with van der Waals surface area (Å²) in [4.78, 5) is 17.5. The van der Waals surface area contributed by atoms with Gasteiger partial charge < -0.3 is 14.5 Å². The van der Waals surface area contributed by atoms with Gasteiger partial charge in [-0.25, -0.2) is 0 Å². The second kappa shape index (κ2) is 8.32. The van der Waals surface area contributed by atoms with Gasteiger partial charge in [-0.2, -0.15) is 5.10 Å². The van der Waals surface area contributed by atoms with Crippen molar-refractivity contribution in [3.63, 3.8) is 0 Å². The maximum Gasteiger partial charge on any atom is 0.274 e. The minimum absolute atomic E-state index is 0.0278. The summed E-state index contributed by atoms with van der Waals surface area (Å²) >= 11 is 0. The maximum atomic E-state index is 13.0. The number of carbonyl (C=O) groups is 1. The van der Waals surface area contributed by atoms with Crippen LogP contribution in [0.4, 0.5) is 0 Å². The number of carbonyl (C=O) groups excluding carboxylic acids is 1. The number of aromatic nitrogens is 2. The third kappa shape index (κ3) is 4.23. The molecule has 6 nitrogen and oxygen atoms in total. The van der Waals surface area contributed by atoms with E-state index >= 15 is 0 Å². The van der Waals surface area contributed by atoms with Crippen molar-refractivity contribution in [2.45, 2.75) is 65.1 Å². The van der Waals surface area contributed by atoms with E-state index in [0.29, 0.717) is 5.69 Å². The first-order valence-corrected chi connectivity index (χ1v) is 9.84.